The van der Waals surface area contributed by atoms with Crippen molar-refractivity contribution in [2.24, 2.45) is 0 Å². The van der Waals surface area contributed by atoms with Crippen LogP contribution in [-0.4, -0.2) is 21.6 Å². The molecular formula is C22H14Cl3N3OS. The molecule has 0 unspecified atom stereocenters. The largest absolute Gasteiger partial charge is 0.325 e. The number of carbonyl (C=O) groups is 1. The Morgan fingerprint density at radius 2 is 1.70 bits per heavy atom. The predicted octanol–water partition coefficient (Wildman–Crippen LogP) is 6.99. The van der Waals surface area contributed by atoms with E-state index in [4.69, 9.17) is 39.8 Å². The zero-order chi connectivity index (χ0) is 21.1. The Morgan fingerprint density at radius 3 is 2.47 bits per heavy atom. The quantitative estimate of drug-likeness (QED) is 0.250. The van der Waals surface area contributed by atoms with Gasteiger partial charge in [-0.3, -0.25) is 4.79 Å². The second-order valence-electron chi connectivity index (χ2n) is 6.35. The van der Waals surface area contributed by atoms with Crippen LogP contribution in [0.25, 0.3) is 22.3 Å². The molecule has 0 saturated heterocycles. The number of thioether (sulfide) groups is 1. The van der Waals surface area contributed by atoms with Gasteiger partial charge in [0.2, 0.25) is 5.91 Å². The van der Waals surface area contributed by atoms with Crippen LogP contribution in [0.1, 0.15) is 0 Å². The molecule has 1 heterocycles. The molecule has 0 aliphatic heterocycles. The van der Waals surface area contributed by atoms with Crippen molar-refractivity contribution < 1.29 is 4.79 Å². The smallest absolute Gasteiger partial charge is 0.234 e. The number of amides is 1. The highest BCUT2D eigenvalue weighted by atomic mass is 35.5. The normalized spacial score (nSPS) is 10.9. The maximum atomic E-state index is 12.5. The number of halogens is 3. The number of nitrogens with zero attached hydrogens (tertiary/aromatic N) is 2. The van der Waals surface area contributed by atoms with Crippen molar-refractivity contribution in [2.45, 2.75) is 5.03 Å². The number of fused-ring (bicyclic) bond motifs is 1. The van der Waals surface area contributed by atoms with Crippen LogP contribution >= 0.6 is 46.6 Å². The van der Waals surface area contributed by atoms with Gasteiger partial charge in [-0.1, -0.05) is 76.9 Å². The summed E-state index contributed by atoms with van der Waals surface area (Å²) < 4.78 is 0. The molecule has 0 aliphatic rings. The highest BCUT2D eigenvalue weighted by molar-refractivity contribution is 8.00. The lowest BCUT2D eigenvalue weighted by atomic mass is 10.2. The number of benzene rings is 3. The average molecular weight is 475 g/mol. The highest BCUT2D eigenvalue weighted by Gasteiger charge is 2.13. The minimum atomic E-state index is -0.187. The third kappa shape index (κ3) is 4.87. The number of carbonyl (C=O) groups excluding carboxylic acids is 1. The first-order chi connectivity index (χ1) is 14.5. The molecule has 0 bridgehead atoms. The molecule has 1 aromatic heterocycles. The molecule has 3 aromatic carbocycles. The molecule has 8 heteroatoms. The average Bonchev–Trinajstić information content (AvgIpc) is 2.75. The van der Waals surface area contributed by atoms with Gasteiger partial charge < -0.3 is 5.32 Å². The molecule has 4 nitrogen and oxygen atoms in total. The summed E-state index contributed by atoms with van der Waals surface area (Å²) in [5, 5.41) is 5.70. The third-order valence-electron chi connectivity index (χ3n) is 4.20. The van der Waals surface area contributed by atoms with Crippen molar-refractivity contribution in [1.82, 2.24) is 9.97 Å². The topological polar surface area (TPSA) is 54.9 Å². The van der Waals surface area contributed by atoms with Gasteiger partial charge in [-0.2, -0.15) is 0 Å². The van der Waals surface area contributed by atoms with E-state index in [1.54, 1.807) is 24.3 Å². The number of rotatable bonds is 5. The van der Waals surface area contributed by atoms with Crippen LogP contribution in [-0.2, 0) is 4.79 Å². The Kier molecular flexibility index (Phi) is 6.44. The number of aromatic nitrogens is 2. The summed E-state index contributed by atoms with van der Waals surface area (Å²) in [6.07, 6.45) is 0. The van der Waals surface area contributed by atoms with Gasteiger partial charge in [-0.25, -0.2) is 9.97 Å². The Hall–Kier alpha value is -2.31. The molecule has 4 rings (SSSR count). The van der Waals surface area contributed by atoms with Crippen LogP contribution in [0.2, 0.25) is 15.1 Å². The molecule has 0 saturated carbocycles. The molecule has 30 heavy (non-hydrogen) atoms. The maximum absolute atomic E-state index is 12.5. The Balaban J connectivity index is 1.59. The first-order valence-corrected chi connectivity index (χ1v) is 11.0. The van der Waals surface area contributed by atoms with Gasteiger partial charge in [-0.05, 0) is 36.4 Å². The lowest BCUT2D eigenvalue weighted by Gasteiger charge is -2.10. The summed E-state index contributed by atoms with van der Waals surface area (Å²) in [6, 6.07) is 20.1. The van der Waals surface area contributed by atoms with Crippen molar-refractivity contribution in [3.8, 4) is 11.4 Å². The van der Waals surface area contributed by atoms with Crippen LogP contribution in [0.15, 0.2) is 71.8 Å². The number of hydrogen-bond donors (Lipinski definition) is 1. The van der Waals surface area contributed by atoms with Gasteiger partial charge in [0.15, 0.2) is 5.82 Å². The Labute approximate surface area is 192 Å². The molecule has 1 N–H and O–H groups in total. The molecule has 0 spiro atoms. The Bertz CT molecular complexity index is 1240. The van der Waals surface area contributed by atoms with E-state index in [2.05, 4.69) is 10.3 Å². The van der Waals surface area contributed by atoms with E-state index < -0.39 is 0 Å². The summed E-state index contributed by atoms with van der Waals surface area (Å²) in [4.78, 5) is 21.8. The molecule has 0 aliphatic carbocycles. The summed E-state index contributed by atoms with van der Waals surface area (Å²) in [5.74, 6) is 0.568. The predicted molar refractivity (Wildman–Crippen MR) is 126 cm³/mol. The van der Waals surface area contributed by atoms with E-state index in [-0.39, 0.29) is 11.7 Å². The first-order valence-electron chi connectivity index (χ1n) is 8.90. The van der Waals surface area contributed by atoms with Crippen molar-refractivity contribution in [1.29, 1.82) is 0 Å². The lowest BCUT2D eigenvalue weighted by molar-refractivity contribution is -0.113. The monoisotopic (exact) mass is 473 g/mol. The van der Waals surface area contributed by atoms with Crippen LogP contribution in [0.4, 0.5) is 5.69 Å². The number of nitrogens with one attached hydrogen (secondary N) is 1. The van der Waals surface area contributed by atoms with Gasteiger partial charge in [-0.15, -0.1) is 0 Å². The van der Waals surface area contributed by atoms with Gasteiger partial charge in [0.05, 0.1) is 21.3 Å². The lowest BCUT2D eigenvalue weighted by Crippen LogP contribution is -2.14. The van der Waals surface area contributed by atoms with Crippen LogP contribution in [0.3, 0.4) is 0 Å². The van der Waals surface area contributed by atoms with E-state index in [9.17, 15) is 4.79 Å². The highest BCUT2D eigenvalue weighted by Crippen LogP contribution is 2.31. The molecule has 0 radical (unpaired) electrons. The van der Waals surface area contributed by atoms with E-state index in [0.717, 1.165) is 16.5 Å². The minimum absolute atomic E-state index is 0.160. The van der Waals surface area contributed by atoms with Crippen LogP contribution in [0.5, 0.6) is 0 Å². The zero-order valence-corrected chi connectivity index (χ0v) is 18.5. The van der Waals surface area contributed by atoms with Gasteiger partial charge in [0.1, 0.15) is 5.03 Å². The van der Waals surface area contributed by atoms with Crippen molar-refractivity contribution in [3.05, 3.63) is 81.8 Å². The van der Waals surface area contributed by atoms with Crippen molar-refractivity contribution >= 4 is 69.1 Å². The van der Waals surface area contributed by atoms with E-state index in [1.807, 2.05) is 42.5 Å². The van der Waals surface area contributed by atoms with E-state index in [1.165, 1.54) is 11.8 Å². The minimum Gasteiger partial charge on any atom is -0.325 e. The van der Waals surface area contributed by atoms with E-state index >= 15 is 0 Å². The van der Waals surface area contributed by atoms with E-state index in [0.29, 0.717) is 31.6 Å². The van der Waals surface area contributed by atoms with Crippen molar-refractivity contribution in [2.75, 3.05) is 11.1 Å². The molecule has 0 atom stereocenters. The number of anilines is 1. The molecule has 150 valence electrons. The maximum Gasteiger partial charge on any atom is 0.234 e. The molecule has 0 fully saturated rings. The fraction of sp³-hybridized carbons (Fsp3) is 0.0455. The zero-order valence-electron chi connectivity index (χ0n) is 15.4. The summed E-state index contributed by atoms with van der Waals surface area (Å²) >= 11 is 19.4. The van der Waals surface area contributed by atoms with Gasteiger partial charge >= 0.3 is 0 Å². The number of hydrogen-bond acceptors (Lipinski definition) is 4. The fourth-order valence-corrected chi connectivity index (χ4v) is 4.08. The van der Waals surface area contributed by atoms with Crippen LogP contribution < -0.4 is 5.32 Å². The molecule has 4 aromatic rings. The summed E-state index contributed by atoms with van der Waals surface area (Å²) in [7, 11) is 0. The van der Waals surface area contributed by atoms with Crippen LogP contribution in [0, 0.1) is 0 Å². The first kappa shape index (κ1) is 20.9. The fourth-order valence-electron chi connectivity index (χ4n) is 2.80. The second-order valence-corrected chi connectivity index (χ2v) is 8.56. The second kappa shape index (κ2) is 9.23. The standard InChI is InChI=1S/C22H14Cl3N3OS/c23-14-6-9-19-16(10-14)22(28-21(27-19)13-4-2-1-3-5-13)30-12-20(29)26-15-7-8-17(24)18(25)11-15/h1-11H,12H2,(H,26,29). The molecule has 1 amide bonds. The summed E-state index contributed by atoms with van der Waals surface area (Å²) in [5.41, 5.74) is 2.24. The molecular weight excluding hydrogens is 461 g/mol. The summed E-state index contributed by atoms with van der Waals surface area (Å²) in [6.45, 7) is 0. The SMILES string of the molecule is O=C(CSc1nc(-c2ccccc2)nc2ccc(Cl)cc12)Nc1ccc(Cl)c(Cl)c1. The van der Waals surface area contributed by atoms with Gasteiger partial charge in [0.25, 0.3) is 0 Å². The third-order valence-corrected chi connectivity index (χ3v) is 6.16. The van der Waals surface area contributed by atoms with Gasteiger partial charge in [0, 0.05) is 21.7 Å². The Morgan fingerprint density at radius 1 is 0.900 bits per heavy atom. The van der Waals surface area contributed by atoms with Crippen molar-refractivity contribution in [3.63, 3.8) is 0 Å².